The van der Waals surface area contributed by atoms with Crippen molar-refractivity contribution in [2.24, 2.45) is 0 Å². The average molecular weight is 259 g/mol. The molecular formula is C12H19ClN2O2. The number of nitrogen functional groups attached to an aromatic ring is 1. The van der Waals surface area contributed by atoms with Crippen LogP contribution < -0.4 is 5.73 Å². The van der Waals surface area contributed by atoms with E-state index < -0.39 is 0 Å². The Hall–Kier alpha value is -1.26. The summed E-state index contributed by atoms with van der Waals surface area (Å²) in [6, 6.07) is 6.95. The highest BCUT2D eigenvalue weighted by Crippen LogP contribution is 2.08. The fourth-order valence-corrected chi connectivity index (χ4v) is 1.39. The molecule has 0 aliphatic heterocycles. The normalized spacial score (nSPS) is 9.53. The number of methoxy groups -OCH3 is 1. The molecule has 0 radical (unpaired) electrons. The molecule has 0 fully saturated rings. The molecule has 0 saturated carbocycles. The molecule has 0 bridgehead atoms. The van der Waals surface area contributed by atoms with Gasteiger partial charge in [-0.25, -0.2) is 0 Å². The van der Waals surface area contributed by atoms with Crippen LogP contribution in [0.2, 0.25) is 0 Å². The predicted molar refractivity (Wildman–Crippen MR) is 71.6 cm³/mol. The third-order valence-corrected chi connectivity index (χ3v) is 2.35. The van der Waals surface area contributed by atoms with Crippen LogP contribution in [0.15, 0.2) is 24.3 Å². The van der Waals surface area contributed by atoms with E-state index >= 15 is 0 Å². The number of nitrogens with zero attached hydrogens (tertiary/aromatic N) is 1. The fourth-order valence-electron chi connectivity index (χ4n) is 1.39. The number of rotatable bonds is 5. The molecule has 2 N–H and O–H groups in total. The van der Waals surface area contributed by atoms with Crippen LogP contribution in [-0.2, 0) is 4.74 Å². The van der Waals surface area contributed by atoms with Gasteiger partial charge in [0.15, 0.2) is 0 Å². The number of hydrogen-bond donors (Lipinski definition) is 1. The Bertz CT molecular complexity index is 341. The van der Waals surface area contributed by atoms with Crippen molar-refractivity contribution in [2.75, 3.05) is 33.0 Å². The molecule has 0 spiro atoms. The van der Waals surface area contributed by atoms with Gasteiger partial charge in [0.25, 0.3) is 5.91 Å². The second-order valence-electron chi connectivity index (χ2n) is 3.70. The van der Waals surface area contributed by atoms with Crippen molar-refractivity contribution in [1.29, 1.82) is 0 Å². The number of hydrogen-bond acceptors (Lipinski definition) is 3. The van der Waals surface area contributed by atoms with Crippen molar-refractivity contribution in [3.8, 4) is 0 Å². The first kappa shape index (κ1) is 15.7. The van der Waals surface area contributed by atoms with E-state index in [0.717, 1.165) is 6.42 Å². The van der Waals surface area contributed by atoms with Crippen molar-refractivity contribution in [1.82, 2.24) is 4.90 Å². The van der Waals surface area contributed by atoms with Crippen molar-refractivity contribution in [3.05, 3.63) is 29.8 Å². The summed E-state index contributed by atoms with van der Waals surface area (Å²) in [6.45, 7) is 1.36. The largest absolute Gasteiger partial charge is 0.399 e. The van der Waals surface area contributed by atoms with E-state index in [2.05, 4.69) is 0 Å². The minimum atomic E-state index is 0. The molecule has 1 amide bonds. The summed E-state index contributed by atoms with van der Waals surface area (Å²) in [4.78, 5) is 13.6. The van der Waals surface area contributed by atoms with Gasteiger partial charge in [0, 0.05) is 38.6 Å². The number of halogens is 1. The van der Waals surface area contributed by atoms with Crippen molar-refractivity contribution < 1.29 is 9.53 Å². The molecule has 0 aliphatic carbocycles. The zero-order chi connectivity index (χ0) is 12.0. The summed E-state index contributed by atoms with van der Waals surface area (Å²) in [5.41, 5.74) is 6.89. The predicted octanol–water partition coefficient (Wildman–Crippen LogP) is 1.80. The lowest BCUT2D eigenvalue weighted by atomic mass is 10.2. The minimum absolute atomic E-state index is 0. The Morgan fingerprint density at radius 3 is 2.47 bits per heavy atom. The fraction of sp³-hybridized carbons (Fsp3) is 0.417. The van der Waals surface area contributed by atoms with Crippen LogP contribution in [-0.4, -0.2) is 38.1 Å². The SMILES string of the molecule is COCCCN(C)C(=O)c1ccc(N)cc1.Cl. The first-order chi connectivity index (χ1) is 7.65. The van der Waals surface area contributed by atoms with Crippen LogP contribution in [0.4, 0.5) is 5.69 Å². The monoisotopic (exact) mass is 258 g/mol. The summed E-state index contributed by atoms with van der Waals surface area (Å²) >= 11 is 0. The van der Waals surface area contributed by atoms with Crippen LogP contribution in [0, 0.1) is 0 Å². The number of ether oxygens (including phenoxy) is 1. The lowest BCUT2D eigenvalue weighted by molar-refractivity contribution is 0.0779. The molecular weight excluding hydrogens is 240 g/mol. The Labute approximate surface area is 108 Å². The Morgan fingerprint density at radius 1 is 1.35 bits per heavy atom. The number of benzene rings is 1. The van der Waals surface area contributed by atoms with E-state index in [-0.39, 0.29) is 18.3 Å². The van der Waals surface area contributed by atoms with Crippen molar-refractivity contribution in [3.63, 3.8) is 0 Å². The molecule has 1 aromatic carbocycles. The first-order valence-corrected chi connectivity index (χ1v) is 5.25. The molecule has 1 rings (SSSR count). The quantitative estimate of drug-likeness (QED) is 0.647. The number of carbonyl (C=O) groups is 1. The summed E-state index contributed by atoms with van der Waals surface area (Å²) in [5.74, 6) is 0.0103. The maximum absolute atomic E-state index is 11.9. The molecule has 17 heavy (non-hydrogen) atoms. The molecule has 4 nitrogen and oxygen atoms in total. The molecule has 5 heteroatoms. The van der Waals surface area contributed by atoms with Crippen LogP contribution >= 0.6 is 12.4 Å². The number of amides is 1. The second kappa shape index (κ2) is 7.92. The number of carbonyl (C=O) groups excluding carboxylic acids is 1. The molecule has 0 saturated heterocycles. The van der Waals surface area contributed by atoms with E-state index in [4.69, 9.17) is 10.5 Å². The van der Waals surface area contributed by atoms with E-state index in [1.54, 1.807) is 43.3 Å². The highest BCUT2D eigenvalue weighted by atomic mass is 35.5. The van der Waals surface area contributed by atoms with Crippen molar-refractivity contribution >= 4 is 24.0 Å². The van der Waals surface area contributed by atoms with Crippen molar-refractivity contribution in [2.45, 2.75) is 6.42 Å². The van der Waals surface area contributed by atoms with Gasteiger partial charge >= 0.3 is 0 Å². The molecule has 96 valence electrons. The third-order valence-electron chi connectivity index (χ3n) is 2.35. The van der Waals surface area contributed by atoms with Gasteiger partial charge in [0.05, 0.1) is 0 Å². The second-order valence-corrected chi connectivity index (χ2v) is 3.70. The average Bonchev–Trinajstić information content (AvgIpc) is 2.29. The zero-order valence-corrected chi connectivity index (χ0v) is 11.0. The van der Waals surface area contributed by atoms with E-state index in [1.807, 2.05) is 0 Å². The molecule has 0 heterocycles. The zero-order valence-electron chi connectivity index (χ0n) is 10.2. The van der Waals surface area contributed by atoms with Gasteiger partial charge in [-0.3, -0.25) is 4.79 Å². The summed E-state index contributed by atoms with van der Waals surface area (Å²) < 4.78 is 4.94. The van der Waals surface area contributed by atoms with Crippen LogP contribution in [0.1, 0.15) is 16.8 Å². The van der Waals surface area contributed by atoms with Crippen LogP contribution in [0.3, 0.4) is 0 Å². The standard InChI is InChI=1S/C12H18N2O2.ClH/c1-14(8-3-9-16-2)12(15)10-4-6-11(13)7-5-10;/h4-7H,3,8-9,13H2,1-2H3;1H. The smallest absolute Gasteiger partial charge is 0.253 e. The van der Waals surface area contributed by atoms with Crippen LogP contribution in [0.5, 0.6) is 0 Å². The van der Waals surface area contributed by atoms with E-state index in [1.165, 1.54) is 0 Å². The minimum Gasteiger partial charge on any atom is -0.399 e. The molecule has 0 aliphatic rings. The van der Waals surface area contributed by atoms with Gasteiger partial charge < -0.3 is 15.4 Å². The Balaban J connectivity index is 0.00000256. The summed E-state index contributed by atoms with van der Waals surface area (Å²) in [5, 5.41) is 0. The Kier molecular flexibility index (Phi) is 7.34. The molecule has 0 unspecified atom stereocenters. The lowest BCUT2D eigenvalue weighted by Crippen LogP contribution is -2.28. The van der Waals surface area contributed by atoms with Gasteiger partial charge in [-0.05, 0) is 30.7 Å². The summed E-state index contributed by atoms with van der Waals surface area (Å²) in [7, 11) is 3.44. The first-order valence-electron chi connectivity index (χ1n) is 5.25. The topological polar surface area (TPSA) is 55.6 Å². The molecule has 1 aromatic rings. The summed E-state index contributed by atoms with van der Waals surface area (Å²) in [6.07, 6.45) is 0.841. The van der Waals surface area contributed by atoms with Gasteiger partial charge in [0.1, 0.15) is 0 Å². The van der Waals surface area contributed by atoms with Gasteiger partial charge in [-0.15, -0.1) is 12.4 Å². The van der Waals surface area contributed by atoms with Gasteiger partial charge in [0.2, 0.25) is 0 Å². The maximum atomic E-state index is 11.9. The Morgan fingerprint density at radius 2 is 1.94 bits per heavy atom. The highest BCUT2D eigenvalue weighted by Gasteiger charge is 2.10. The van der Waals surface area contributed by atoms with Gasteiger partial charge in [-0.1, -0.05) is 0 Å². The van der Waals surface area contributed by atoms with Gasteiger partial charge in [-0.2, -0.15) is 0 Å². The molecule has 0 atom stereocenters. The molecule has 0 aromatic heterocycles. The van der Waals surface area contributed by atoms with E-state index in [0.29, 0.717) is 24.4 Å². The lowest BCUT2D eigenvalue weighted by Gasteiger charge is -2.16. The van der Waals surface area contributed by atoms with E-state index in [9.17, 15) is 4.79 Å². The number of nitrogens with two attached hydrogens (primary N) is 1. The third kappa shape index (κ3) is 5.06. The highest BCUT2D eigenvalue weighted by molar-refractivity contribution is 5.94. The number of anilines is 1. The maximum Gasteiger partial charge on any atom is 0.253 e. The van der Waals surface area contributed by atoms with Crippen LogP contribution in [0.25, 0.3) is 0 Å².